The van der Waals surface area contributed by atoms with Crippen molar-refractivity contribution in [2.24, 2.45) is 0 Å². The second-order valence-corrected chi connectivity index (χ2v) is 7.95. The third-order valence-electron chi connectivity index (χ3n) is 5.36. The molecule has 0 aliphatic heterocycles. The van der Waals surface area contributed by atoms with Crippen LogP contribution in [0.2, 0.25) is 0 Å². The quantitative estimate of drug-likeness (QED) is 0.416. The number of amides is 1. The molecule has 2 aromatic heterocycles. The normalized spacial score (nSPS) is 13.0. The highest BCUT2D eigenvalue weighted by Crippen LogP contribution is 2.24. The van der Waals surface area contributed by atoms with E-state index in [0.717, 1.165) is 22.0 Å². The standard InChI is InChI=1S/C25H26N4O3/c1-15-8-10-19(11-9-15)32-16(2)25(31)29-22(23-13-24(30)28-17(3)27-23)12-18-14-26-21-7-5-4-6-20(18)21/h4-11,13-14,16,22,26H,12H2,1-3H3,(H,29,31)(H,27,28,30)/t16-,22+/m0/s1. The van der Waals surface area contributed by atoms with E-state index in [1.165, 1.54) is 6.07 Å². The molecule has 7 heteroatoms. The molecule has 0 saturated heterocycles. The van der Waals surface area contributed by atoms with Gasteiger partial charge in [-0.2, -0.15) is 0 Å². The van der Waals surface area contributed by atoms with Gasteiger partial charge in [0, 0.05) is 29.6 Å². The summed E-state index contributed by atoms with van der Waals surface area (Å²) in [5, 5.41) is 4.10. The van der Waals surface area contributed by atoms with E-state index in [1.807, 2.05) is 61.7 Å². The molecule has 2 aromatic carbocycles. The molecule has 0 radical (unpaired) electrons. The molecule has 1 amide bonds. The van der Waals surface area contributed by atoms with E-state index in [0.29, 0.717) is 23.7 Å². The molecule has 2 atom stereocenters. The van der Waals surface area contributed by atoms with Crippen molar-refractivity contribution >= 4 is 16.8 Å². The van der Waals surface area contributed by atoms with Gasteiger partial charge in [0.2, 0.25) is 0 Å². The average Bonchev–Trinajstić information content (AvgIpc) is 3.17. The van der Waals surface area contributed by atoms with E-state index in [-0.39, 0.29) is 11.5 Å². The maximum Gasteiger partial charge on any atom is 0.261 e. The molecule has 32 heavy (non-hydrogen) atoms. The minimum atomic E-state index is -0.716. The Morgan fingerprint density at radius 3 is 2.62 bits per heavy atom. The lowest BCUT2D eigenvalue weighted by atomic mass is 10.0. The maximum absolute atomic E-state index is 13.0. The highest BCUT2D eigenvalue weighted by Gasteiger charge is 2.23. The first-order valence-corrected chi connectivity index (χ1v) is 10.6. The van der Waals surface area contributed by atoms with E-state index in [4.69, 9.17) is 4.74 Å². The van der Waals surface area contributed by atoms with Crippen molar-refractivity contribution in [2.75, 3.05) is 0 Å². The lowest BCUT2D eigenvalue weighted by Crippen LogP contribution is -2.40. The molecule has 4 aromatic rings. The lowest BCUT2D eigenvalue weighted by molar-refractivity contribution is -0.128. The predicted octanol–water partition coefficient (Wildman–Crippen LogP) is 3.74. The number of hydrogen-bond acceptors (Lipinski definition) is 4. The van der Waals surface area contributed by atoms with Crippen LogP contribution in [0.5, 0.6) is 5.75 Å². The summed E-state index contributed by atoms with van der Waals surface area (Å²) in [5.41, 5.74) is 3.41. The number of hydrogen-bond donors (Lipinski definition) is 3. The Morgan fingerprint density at radius 2 is 1.88 bits per heavy atom. The number of ether oxygens (including phenoxy) is 1. The summed E-state index contributed by atoms with van der Waals surface area (Å²) in [7, 11) is 0. The van der Waals surface area contributed by atoms with Gasteiger partial charge in [0.1, 0.15) is 11.6 Å². The molecule has 4 rings (SSSR count). The number of para-hydroxylation sites is 1. The zero-order valence-electron chi connectivity index (χ0n) is 18.3. The van der Waals surface area contributed by atoms with Crippen LogP contribution in [0.4, 0.5) is 0 Å². The lowest BCUT2D eigenvalue weighted by Gasteiger charge is -2.21. The molecule has 0 bridgehead atoms. The molecular weight excluding hydrogens is 404 g/mol. The van der Waals surface area contributed by atoms with Crippen molar-refractivity contribution in [1.29, 1.82) is 0 Å². The minimum absolute atomic E-state index is 0.255. The number of nitrogens with one attached hydrogen (secondary N) is 3. The van der Waals surface area contributed by atoms with Crippen LogP contribution in [0, 0.1) is 13.8 Å². The molecule has 0 aliphatic carbocycles. The molecule has 7 nitrogen and oxygen atoms in total. The van der Waals surface area contributed by atoms with Gasteiger partial charge in [-0.05, 0) is 44.5 Å². The summed E-state index contributed by atoms with van der Waals surface area (Å²) in [5.74, 6) is 0.835. The van der Waals surface area contributed by atoms with Gasteiger partial charge in [-0.25, -0.2) is 4.98 Å². The van der Waals surface area contributed by atoms with E-state index in [1.54, 1.807) is 13.8 Å². The van der Waals surface area contributed by atoms with Gasteiger partial charge in [-0.15, -0.1) is 0 Å². The molecule has 0 aliphatic rings. The molecule has 0 saturated carbocycles. The fraction of sp³-hybridized carbons (Fsp3) is 0.240. The van der Waals surface area contributed by atoms with Crippen LogP contribution in [0.1, 0.15) is 35.6 Å². The predicted molar refractivity (Wildman–Crippen MR) is 124 cm³/mol. The number of fused-ring (bicyclic) bond motifs is 1. The van der Waals surface area contributed by atoms with Gasteiger partial charge >= 0.3 is 0 Å². The zero-order chi connectivity index (χ0) is 22.7. The van der Waals surface area contributed by atoms with Crippen LogP contribution in [-0.4, -0.2) is 27.0 Å². The highest BCUT2D eigenvalue weighted by atomic mass is 16.5. The van der Waals surface area contributed by atoms with Crippen molar-refractivity contribution < 1.29 is 9.53 Å². The second kappa shape index (κ2) is 9.09. The molecule has 0 fully saturated rings. The smallest absolute Gasteiger partial charge is 0.261 e. The van der Waals surface area contributed by atoms with Crippen molar-refractivity contribution in [3.8, 4) is 5.75 Å². The van der Waals surface area contributed by atoms with Crippen LogP contribution in [0.25, 0.3) is 10.9 Å². The summed E-state index contributed by atoms with van der Waals surface area (Å²) >= 11 is 0. The number of nitrogens with zero attached hydrogens (tertiary/aromatic N) is 1. The topological polar surface area (TPSA) is 99.9 Å². The Bertz CT molecular complexity index is 1290. The van der Waals surface area contributed by atoms with Crippen molar-refractivity contribution in [1.82, 2.24) is 20.3 Å². The third kappa shape index (κ3) is 4.88. The number of aryl methyl sites for hydroxylation is 2. The SMILES string of the molecule is Cc1ccc(O[C@@H](C)C(=O)N[C@H](Cc2c[nH]c3ccccc23)c2cc(=O)[nH]c(C)n2)cc1. The summed E-state index contributed by atoms with van der Waals surface area (Å²) in [6.07, 6.45) is 1.69. The van der Waals surface area contributed by atoms with Crippen molar-refractivity contribution in [3.05, 3.63) is 93.8 Å². The summed E-state index contributed by atoms with van der Waals surface area (Å²) in [6, 6.07) is 16.4. The van der Waals surface area contributed by atoms with E-state index >= 15 is 0 Å². The summed E-state index contributed by atoms with van der Waals surface area (Å²) in [6.45, 7) is 5.42. The first kappa shape index (κ1) is 21.4. The Morgan fingerprint density at radius 1 is 1.12 bits per heavy atom. The number of rotatable bonds is 7. The van der Waals surface area contributed by atoms with Crippen LogP contribution in [0.3, 0.4) is 0 Å². The van der Waals surface area contributed by atoms with Crippen LogP contribution >= 0.6 is 0 Å². The molecule has 3 N–H and O–H groups in total. The summed E-state index contributed by atoms with van der Waals surface area (Å²) in [4.78, 5) is 35.5. The van der Waals surface area contributed by atoms with Gasteiger partial charge in [-0.1, -0.05) is 35.9 Å². The minimum Gasteiger partial charge on any atom is -0.481 e. The van der Waals surface area contributed by atoms with E-state index < -0.39 is 12.1 Å². The van der Waals surface area contributed by atoms with E-state index in [2.05, 4.69) is 20.3 Å². The first-order chi connectivity index (χ1) is 15.4. The molecule has 2 heterocycles. The highest BCUT2D eigenvalue weighted by molar-refractivity contribution is 5.84. The number of H-pyrrole nitrogens is 2. The Labute approximate surface area is 185 Å². The fourth-order valence-corrected chi connectivity index (χ4v) is 3.69. The van der Waals surface area contributed by atoms with Gasteiger partial charge in [0.05, 0.1) is 11.7 Å². The van der Waals surface area contributed by atoms with Crippen molar-refractivity contribution in [2.45, 2.75) is 39.3 Å². The molecular formula is C25H26N4O3. The summed E-state index contributed by atoms with van der Waals surface area (Å²) < 4.78 is 5.81. The molecule has 0 unspecified atom stereocenters. The number of benzene rings is 2. The van der Waals surface area contributed by atoms with Crippen LogP contribution in [-0.2, 0) is 11.2 Å². The van der Waals surface area contributed by atoms with Gasteiger partial charge in [0.25, 0.3) is 11.5 Å². The maximum atomic E-state index is 13.0. The Kier molecular flexibility index (Phi) is 6.07. The third-order valence-corrected chi connectivity index (χ3v) is 5.36. The number of carbonyl (C=O) groups is 1. The number of aromatic nitrogens is 3. The monoisotopic (exact) mass is 430 g/mol. The average molecular weight is 431 g/mol. The van der Waals surface area contributed by atoms with E-state index in [9.17, 15) is 9.59 Å². The van der Waals surface area contributed by atoms with Gasteiger partial charge < -0.3 is 20.0 Å². The Balaban J connectivity index is 1.59. The fourth-order valence-electron chi connectivity index (χ4n) is 3.69. The molecule has 0 spiro atoms. The second-order valence-electron chi connectivity index (χ2n) is 7.95. The van der Waals surface area contributed by atoms with Crippen LogP contribution < -0.4 is 15.6 Å². The number of aromatic amines is 2. The first-order valence-electron chi connectivity index (χ1n) is 10.6. The number of carbonyl (C=O) groups excluding carboxylic acids is 1. The van der Waals surface area contributed by atoms with Gasteiger partial charge in [-0.3, -0.25) is 9.59 Å². The van der Waals surface area contributed by atoms with Crippen LogP contribution in [0.15, 0.2) is 65.6 Å². The van der Waals surface area contributed by atoms with Gasteiger partial charge in [0.15, 0.2) is 6.10 Å². The largest absolute Gasteiger partial charge is 0.481 e. The zero-order valence-corrected chi connectivity index (χ0v) is 18.3. The Hall–Kier alpha value is -3.87. The molecule has 164 valence electrons. The van der Waals surface area contributed by atoms with Crippen molar-refractivity contribution in [3.63, 3.8) is 0 Å².